The molecule has 1 aliphatic heterocycles. The summed E-state index contributed by atoms with van der Waals surface area (Å²) in [7, 11) is 0. The summed E-state index contributed by atoms with van der Waals surface area (Å²) >= 11 is 3.01. The fourth-order valence-corrected chi connectivity index (χ4v) is 2.89. The van der Waals surface area contributed by atoms with E-state index >= 15 is 0 Å². The van der Waals surface area contributed by atoms with E-state index in [-0.39, 0.29) is 31.4 Å². The molecule has 0 aliphatic carbocycles. The first kappa shape index (κ1) is 23.8. The zero-order chi connectivity index (χ0) is 16.1. The van der Waals surface area contributed by atoms with Gasteiger partial charge in [0.2, 0.25) is 0 Å². The zero-order valence-corrected chi connectivity index (χ0v) is 16.6. The number of aliphatic hydroxyl groups excluding tert-OH is 1. The molecule has 4 nitrogen and oxygen atoms in total. The molecule has 0 radical (unpaired) electrons. The topological polar surface area (TPSA) is 35.9 Å². The van der Waals surface area contributed by atoms with Crippen LogP contribution in [-0.4, -0.2) is 66.9 Å². The Morgan fingerprint density at radius 1 is 1.12 bits per heavy atom. The molecule has 0 spiro atoms. The number of halogens is 5. The molecule has 1 N–H and O–H groups in total. The Morgan fingerprint density at radius 2 is 1.62 bits per heavy atom. The van der Waals surface area contributed by atoms with E-state index in [9.17, 15) is 13.9 Å². The van der Waals surface area contributed by atoms with E-state index in [1.807, 2.05) is 0 Å². The lowest BCUT2D eigenvalue weighted by molar-refractivity contribution is 0.0451. The molecule has 1 fully saturated rings. The largest absolute Gasteiger partial charge is 0.485 e. The van der Waals surface area contributed by atoms with Crippen molar-refractivity contribution in [3.8, 4) is 5.75 Å². The number of aliphatic hydroxyl groups is 1. The Morgan fingerprint density at radius 3 is 2.12 bits per heavy atom. The van der Waals surface area contributed by atoms with Crippen molar-refractivity contribution in [1.29, 1.82) is 0 Å². The number of nitrogens with zero attached hydrogens (tertiary/aromatic N) is 2. The molecule has 140 valence electrons. The molecule has 0 saturated carbocycles. The van der Waals surface area contributed by atoms with Crippen LogP contribution in [0, 0.1) is 11.6 Å². The van der Waals surface area contributed by atoms with Gasteiger partial charge in [0.1, 0.15) is 12.7 Å². The van der Waals surface area contributed by atoms with E-state index in [0.29, 0.717) is 11.0 Å². The maximum absolute atomic E-state index is 13.6. The molecule has 1 heterocycles. The first-order valence-electron chi connectivity index (χ1n) is 7.39. The molecular weight excluding hydrogens is 429 g/mol. The number of β-amino-alcohol motifs (C(OH)–C–C–N with tert-alkyl or cyclic N) is 1. The Bertz CT molecular complexity index is 483. The van der Waals surface area contributed by atoms with E-state index in [2.05, 4.69) is 32.7 Å². The molecular formula is C15H23BrCl2F2N2O2. The number of benzene rings is 1. The van der Waals surface area contributed by atoms with E-state index in [0.717, 1.165) is 44.9 Å². The minimum atomic E-state index is -0.782. The lowest BCUT2D eigenvalue weighted by Crippen LogP contribution is -2.49. The van der Waals surface area contributed by atoms with Gasteiger partial charge in [-0.05, 0) is 18.7 Å². The fourth-order valence-electron chi connectivity index (χ4n) is 2.49. The molecule has 0 aromatic heterocycles. The Hall–Kier alpha value is -0.180. The van der Waals surface area contributed by atoms with Crippen LogP contribution in [0.15, 0.2) is 16.6 Å². The van der Waals surface area contributed by atoms with Gasteiger partial charge in [0.15, 0.2) is 17.4 Å². The van der Waals surface area contributed by atoms with Crippen LogP contribution in [0.1, 0.15) is 6.92 Å². The maximum Gasteiger partial charge on any atom is 0.190 e. The van der Waals surface area contributed by atoms with Crippen molar-refractivity contribution >= 4 is 40.7 Å². The van der Waals surface area contributed by atoms with Gasteiger partial charge in [-0.1, -0.05) is 22.9 Å². The van der Waals surface area contributed by atoms with Crippen LogP contribution in [-0.2, 0) is 0 Å². The summed E-state index contributed by atoms with van der Waals surface area (Å²) in [4.78, 5) is 4.47. The van der Waals surface area contributed by atoms with Crippen LogP contribution in [0.5, 0.6) is 5.75 Å². The van der Waals surface area contributed by atoms with Crippen LogP contribution in [0.3, 0.4) is 0 Å². The molecule has 24 heavy (non-hydrogen) atoms. The fraction of sp³-hybridized carbons (Fsp3) is 0.600. The first-order chi connectivity index (χ1) is 10.5. The van der Waals surface area contributed by atoms with Crippen molar-refractivity contribution < 1.29 is 18.6 Å². The summed E-state index contributed by atoms with van der Waals surface area (Å²) in [5.74, 6) is -2.01. The van der Waals surface area contributed by atoms with Crippen LogP contribution in [0.25, 0.3) is 0 Å². The summed E-state index contributed by atoms with van der Waals surface area (Å²) in [6, 6.07) is 2.27. The molecule has 9 heteroatoms. The molecule has 1 aliphatic rings. The number of ether oxygens (including phenoxy) is 1. The maximum atomic E-state index is 13.6. The van der Waals surface area contributed by atoms with E-state index in [4.69, 9.17) is 4.74 Å². The predicted octanol–water partition coefficient (Wildman–Crippen LogP) is 2.95. The van der Waals surface area contributed by atoms with Crippen LogP contribution in [0.2, 0.25) is 0 Å². The van der Waals surface area contributed by atoms with Gasteiger partial charge in [0, 0.05) is 37.2 Å². The minimum Gasteiger partial charge on any atom is -0.485 e. The standard InChI is InChI=1S/C15H21BrF2N2O2.2ClH/c1-2-19-3-5-20(6-4-19)9-12(21)10-22-15-13(17)7-11(16)8-14(15)18;;/h7-8,12,21H,2-6,9-10H2,1H3;2*1H. The van der Waals surface area contributed by atoms with Gasteiger partial charge in [0.25, 0.3) is 0 Å². The predicted molar refractivity (Wildman–Crippen MR) is 98.6 cm³/mol. The second-order valence-electron chi connectivity index (χ2n) is 5.40. The molecule has 1 unspecified atom stereocenters. The van der Waals surface area contributed by atoms with Gasteiger partial charge in [0.05, 0.1) is 0 Å². The second kappa shape index (κ2) is 11.4. The van der Waals surface area contributed by atoms with Gasteiger partial charge in [-0.15, -0.1) is 24.8 Å². The highest BCUT2D eigenvalue weighted by Crippen LogP contribution is 2.26. The zero-order valence-electron chi connectivity index (χ0n) is 13.4. The molecule has 0 bridgehead atoms. The molecule has 1 atom stereocenters. The number of likely N-dealkylation sites (N-methyl/N-ethyl adjacent to an activating group) is 1. The van der Waals surface area contributed by atoms with Gasteiger partial charge >= 0.3 is 0 Å². The third-order valence-corrected chi connectivity index (χ3v) is 4.22. The normalized spacial score (nSPS) is 16.9. The second-order valence-corrected chi connectivity index (χ2v) is 6.31. The van der Waals surface area contributed by atoms with Crippen molar-refractivity contribution in [3.05, 3.63) is 28.2 Å². The van der Waals surface area contributed by atoms with Gasteiger partial charge in [-0.2, -0.15) is 0 Å². The highest BCUT2D eigenvalue weighted by molar-refractivity contribution is 9.10. The summed E-state index contributed by atoms with van der Waals surface area (Å²) < 4.78 is 32.6. The lowest BCUT2D eigenvalue weighted by atomic mass is 10.2. The average Bonchev–Trinajstić information content (AvgIpc) is 2.47. The molecule has 1 saturated heterocycles. The summed E-state index contributed by atoms with van der Waals surface area (Å²) in [5, 5.41) is 9.99. The Balaban J connectivity index is 0.00000264. The highest BCUT2D eigenvalue weighted by Gasteiger charge is 2.19. The minimum absolute atomic E-state index is 0. The smallest absolute Gasteiger partial charge is 0.190 e. The van der Waals surface area contributed by atoms with Gasteiger partial charge in [-0.25, -0.2) is 8.78 Å². The summed E-state index contributed by atoms with van der Waals surface area (Å²) in [6.45, 7) is 7.17. The number of hydrogen-bond acceptors (Lipinski definition) is 4. The van der Waals surface area contributed by atoms with Crippen molar-refractivity contribution in [3.63, 3.8) is 0 Å². The van der Waals surface area contributed by atoms with E-state index in [1.165, 1.54) is 0 Å². The number of rotatable bonds is 6. The van der Waals surface area contributed by atoms with Crippen LogP contribution >= 0.6 is 40.7 Å². The SMILES string of the molecule is CCN1CCN(CC(O)COc2c(F)cc(Br)cc2F)CC1.Cl.Cl. The number of piperazine rings is 1. The summed E-state index contributed by atoms with van der Waals surface area (Å²) in [5.41, 5.74) is 0. The average molecular weight is 452 g/mol. The highest BCUT2D eigenvalue weighted by atomic mass is 79.9. The van der Waals surface area contributed by atoms with Crippen molar-refractivity contribution in [2.24, 2.45) is 0 Å². The van der Waals surface area contributed by atoms with E-state index < -0.39 is 23.5 Å². The van der Waals surface area contributed by atoms with Gasteiger partial charge in [-0.3, -0.25) is 4.90 Å². The third kappa shape index (κ3) is 6.98. The number of hydrogen-bond donors (Lipinski definition) is 1. The summed E-state index contributed by atoms with van der Waals surface area (Å²) in [6.07, 6.45) is -0.782. The van der Waals surface area contributed by atoms with Crippen molar-refractivity contribution in [2.75, 3.05) is 45.9 Å². The molecule has 0 amide bonds. The lowest BCUT2D eigenvalue weighted by Gasteiger charge is -2.34. The van der Waals surface area contributed by atoms with Crippen LogP contribution in [0.4, 0.5) is 8.78 Å². The monoisotopic (exact) mass is 450 g/mol. The van der Waals surface area contributed by atoms with Crippen molar-refractivity contribution in [2.45, 2.75) is 13.0 Å². The van der Waals surface area contributed by atoms with Gasteiger partial charge < -0.3 is 14.7 Å². The Kier molecular flexibility index (Phi) is 11.4. The van der Waals surface area contributed by atoms with Crippen LogP contribution < -0.4 is 4.74 Å². The quantitative estimate of drug-likeness (QED) is 0.721. The molecule has 2 rings (SSSR count). The van der Waals surface area contributed by atoms with E-state index in [1.54, 1.807) is 0 Å². The van der Waals surface area contributed by atoms with Crippen molar-refractivity contribution in [1.82, 2.24) is 9.80 Å². The molecule has 1 aromatic rings. The third-order valence-electron chi connectivity index (χ3n) is 3.76. The molecule has 1 aromatic carbocycles. The first-order valence-corrected chi connectivity index (χ1v) is 8.19. The Labute approximate surface area is 162 Å².